The summed E-state index contributed by atoms with van der Waals surface area (Å²) in [4.78, 5) is 0. The second kappa shape index (κ2) is 73.4. The van der Waals surface area contributed by atoms with Gasteiger partial charge in [0.1, 0.15) is 34.5 Å². The van der Waals surface area contributed by atoms with E-state index in [1.54, 1.807) is 121 Å². The normalized spacial score (nSPS) is 8.94. The third-order valence-corrected chi connectivity index (χ3v) is 16.1. The second-order valence-corrected chi connectivity index (χ2v) is 29.9. The summed E-state index contributed by atoms with van der Waals surface area (Å²) in [5.74, 6) is 2.85. The van der Waals surface area contributed by atoms with Gasteiger partial charge in [-0.2, -0.15) is 30.6 Å². The summed E-state index contributed by atoms with van der Waals surface area (Å²) in [7, 11) is 31.9. The van der Waals surface area contributed by atoms with Crippen LogP contribution in [-0.2, 0) is 0 Å². The van der Waals surface area contributed by atoms with E-state index in [9.17, 15) is 5.11 Å². The van der Waals surface area contributed by atoms with E-state index in [0.717, 1.165) is 108 Å². The average Bonchev–Trinajstić information content (AvgIpc) is 1.68. The highest BCUT2D eigenvalue weighted by molar-refractivity contribution is 9.11. The number of methoxy groups -OCH3 is 1. The summed E-state index contributed by atoms with van der Waals surface area (Å²) >= 11 is 8.38. The van der Waals surface area contributed by atoms with Crippen LogP contribution in [0.3, 0.4) is 0 Å². The molecule has 0 bridgehead atoms. The van der Waals surface area contributed by atoms with Gasteiger partial charge in [-0.15, -0.1) is 0 Å². The van der Waals surface area contributed by atoms with E-state index < -0.39 is 11.4 Å². The van der Waals surface area contributed by atoms with Gasteiger partial charge in [0.05, 0.1) is 115 Å². The molecule has 6 radical (unpaired) electrons. The van der Waals surface area contributed by atoms with Crippen LogP contribution in [0, 0.1) is 6.92 Å². The number of fused-ring (bicyclic) bond motifs is 6. The lowest BCUT2D eigenvalue weighted by molar-refractivity contribution is 0.411. The van der Waals surface area contributed by atoms with E-state index in [2.05, 4.69) is 83.0 Å². The molecule has 12 heterocycles. The molecule has 32 heteroatoms. The fourth-order valence-corrected chi connectivity index (χ4v) is 11.1. The van der Waals surface area contributed by atoms with Crippen molar-refractivity contribution < 1.29 is 34.6 Å². The quantitative estimate of drug-likeness (QED) is 0.0639. The van der Waals surface area contributed by atoms with E-state index in [-0.39, 0.29) is 17.2 Å². The number of aromatic hydroxyl groups is 2. The summed E-state index contributed by atoms with van der Waals surface area (Å²) in [6.07, 6.45) is 20.4. The highest BCUT2D eigenvalue weighted by atomic mass is 79.9. The van der Waals surface area contributed by atoms with Crippen LogP contribution >= 0.6 is 77.9 Å². The van der Waals surface area contributed by atoms with Gasteiger partial charge in [-0.1, -0.05) is 220 Å². The summed E-state index contributed by atoms with van der Waals surface area (Å²) < 4.78 is 32.2. The van der Waals surface area contributed by atoms with Gasteiger partial charge in [0.2, 0.25) is 0 Å². The maximum Gasteiger partial charge on any atom is 0.643 e. The van der Waals surface area contributed by atoms with Gasteiger partial charge in [0.15, 0.2) is 0 Å². The zero-order valence-corrected chi connectivity index (χ0v) is 85.1. The lowest BCUT2D eigenvalue weighted by Crippen LogP contribution is -1.94. The lowest BCUT2D eigenvalue weighted by Gasteiger charge is -2.08. The SMILES string of the molecule is CC.CC.CC.CC.CC.CC.CC.CC.CC.CC.CC.CC.COc1cc(Br)c2ccnn2c1.Cc1ccc(N)cc1.Nc1ccc(-c2cc(O)cn3nccc23)cc1.Oc1cc(Br)c2ccnn2c1.[2HH].[2HH].[2HH].[2HH].[B]Oc1cc(-c2ccc(N)cc2)c2ccnn2c1.[B]Oc1cc(-c2ccc(N)cc2)c2ccnn2c1.[B]Oc1cc(Br)c2ccnn2c1.[Cl][Al]([Cl])[Cl]. The van der Waals surface area contributed by atoms with Crippen LogP contribution in [0.4, 0.5) is 22.7 Å². The minimum absolute atomic E-state index is 0. The van der Waals surface area contributed by atoms with Crippen LogP contribution in [0.5, 0.6) is 34.5 Å². The molecule has 0 saturated heterocycles. The Labute approximate surface area is 789 Å². The minimum atomic E-state index is -1.72. The molecule has 0 amide bonds. The standard InChI is InChI=1S/2C13H10BN3O.C13H11N3O.C8H7BrN2O.C7H4BBrN2O.C7H5BrN2O.C7H9N.12C2H6.Al.3ClH.4H2/c2*14-18-11-7-12(9-1-3-10(15)4-2-9)13-5-6-16-17(13)8-11;14-10-3-1-9(2-4-10)12-7-11(17)8-16-13(12)5-6-15-16;1-12-6-4-7(9)8-2-3-10-11(8)5-6;8-12-5-3-6(9)7-1-2-10-11(7)4-5;8-6-3-5(11)4-10-7(6)1-2-9-10;1-6-2-4-7(8)5-3-6;12*1-2;;;;;;;;/h2*1-8H,15H2;1-8,17H,14H2;2-5H,1H3;1-4H;1-4,11H;2-5H,8H2,1H3;12*1-2H3;;7*1H/q;;;;;;;;;;;;;;;;;;;+3;;;;;;;/p-3/i;;;;;;;;;;;;;;;;;;;;;;;4*1+1. The Balaban J connectivity index is -0.000000210. The van der Waals surface area contributed by atoms with Crippen molar-refractivity contribution in [3.8, 4) is 67.9 Å². The van der Waals surface area contributed by atoms with Crippen LogP contribution in [-0.4, -0.2) is 111 Å². The Morgan fingerprint density at radius 2 is 0.508 bits per heavy atom. The number of pyridine rings is 6. The lowest BCUT2D eigenvalue weighted by atomic mass is 10.0. The average molecular weight is 1970 g/mol. The molecule has 10 N–H and O–H groups in total. The van der Waals surface area contributed by atoms with E-state index in [1.165, 1.54) is 5.56 Å². The Morgan fingerprint density at radius 3 is 0.774 bits per heavy atom. The monoisotopic (exact) mass is 1970 g/mol. The Bertz CT molecular complexity index is 5120. The van der Waals surface area contributed by atoms with Crippen molar-refractivity contribution in [2.75, 3.05) is 30.0 Å². The minimum Gasteiger partial charge on any atom is -0.567 e. The molecule has 16 rings (SSSR count). The molecule has 4 aromatic carbocycles. The van der Waals surface area contributed by atoms with Crippen molar-refractivity contribution in [1.82, 2.24) is 57.7 Å². The van der Waals surface area contributed by atoms with Gasteiger partial charge in [-0.3, -0.25) is 0 Å². The third kappa shape index (κ3) is 41.7. The number of aromatic nitrogens is 12. The number of ether oxygens (including phenoxy) is 1. The third-order valence-electron chi connectivity index (χ3n) is 14.2. The summed E-state index contributed by atoms with van der Waals surface area (Å²) in [6, 6.07) is 52.9. The van der Waals surface area contributed by atoms with E-state index in [0.29, 0.717) is 17.2 Å². The van der Waals surface area contributed by atoms with E-state index in [4.69, 9.17) is 96.4 Å². The maximum absolute atomic E-state index is 9.66. The van der Waals surface area contributed by atoms with Crippen LogP contribution in [0.1, 0.15) is 177 Å². The number of benzene rings is 4. The van der Waals surface area contributed by atoms with Gasteiger partial charge in [0.25, 0.3) is 0 Å². The topological polar surface area (TPSA) is 285 Å². The summed E-state index contributed by atoms with van der Waals surface area (Å²) in [6.45, 7) is 50.0. The number of nitrogens with zero attached hydrogens (tertiary/aromatic N) is 12. The summed E-state index contributed by atoms with van der Waals surface area (Å²) in [5.41, 5.74) is 38.6. The fourth-order valence-electron chi connectivity index (χ4n) is 9.47. The molecule has 0 unspecified atom stereocenters. The van der Waals surface area contributed by atoms with Gasteiger partial charge in [-0.25, -0.2) is 57.2 Å². The zero-order chi connectivity index (χ0) is 95.4. The molecular weight excluding hydrogens is 1830 g/mol. The number of rotatable bonds is 7. The number of anilines is 4. The fraction of sp³-hybridized carbons (Fsp3) is 0.283. The molecule has 674 valence electrons. The molecule has 0 fully saturated rings. The summed E-state index contributed by atoms with van der Waals surface area (Å²) in [5, 5.41) is 43.4. The van der Waals surface area contributed by atoms with Gasteiger partial charge < -0.3 is 51.8 Å². The molecule has 16 aromatic rings. The molecule has 0 aliphatic carbocycles. The largest absolute Gasteiger partial charge is 0.643 e. The first-order valence-corrected chi connectivity index (χ1v) is 49.0. The molecule has 0 aliphatic rings. The van der Waals surface area contributed by atoms with Crippen molar-refractivity contribution in [1.29, 1.82) is 0 Å². The number of aryl methyl sites for hydroxylation is 1. The highest BCUT2D eigenvalue weighted by Gasteiger charge is 2.12. The molecular formula is C92H136AlB3Br3Cl3N16O6. The molecule has 0 atom stereocenters. The first-order chi connectivity index (χ1) is 60.2. The maximum atomic E-state index is 9.66. The molecule has 22 nitrogen and oxygen atoms in total. The number of hydrogen-bond acceptors (Lipinski definition) is 16. The second-order valence-electron chi connectivity index (χ2n) is 20.9. The van der Waals surface area contributed by atoms with Crippen LogP contribution < -0.4 is 41.6 Å². The molecule has 0 spiro atoms. The zero-order valence-electron chi connectivity index (χ0n) is 76.9. The predicted molar refractivity (Wildman–Crippen MR) is 556 cm³/mol. The van der Waals surface area contributed by atoms with Crippen molar-refractivity contribution >= 4 is 169 Å². The number of halogens is 6. The van der Waals surface area contributed by atoms with Crippen LogP contribution in [0.25, 0.3) is 66.5 Å². The Hall–Kier alpha value is -9.94. The van der Waals surface area contributed by atoms with Crippen LogP contribution in [0.15, 0.2) is 258 Å². The van der Waals surface area contributed by atoms with Crippen molar-refractivity contribution in [2.45, 2.75) is 173 Å². The predicted octanol–water partition coefficient (Wildman–Crippen LogP) is 28.4. The van der Waals surface area contributed by atoms with Gasteiger partial charge in [0, 0.05) is 58.6 Å². The molecule has 0 aliphatic heterocycles. The Morgan fingerprint density at radius 1 is 0.306 bits per heavy atom. The van der Waals surface area contributed by atoms with Crippen molar-refractivity contribution in [2.24, 2.45) is 0 Å². The number of hydrogen-bond donors (Lipinski definition) is 6. The molecule has 0 saturated carbocycles. The highest BCUT2D eigenvalue weighted by Crippen LogP contribution is 2.33. The smallest absolute Gasteiger partial charge is 0.567 e. The van der Waals surface area contributed by atoms with Gasteiger partial charge >= 0.3 is 35.5 Å². The van der Waals surface area contributed by atoms with Crippen LogP contribution in [0.2, 0.25) is 0 Å². The van der Waals surface area contributed by atoms with E-state index in [1.807, 2.05) is 331 Å². The molecule has 12 aromatic heterocycles. The Kier molecular flexibility index (Phi) is 71.3. The van der Waals surface area contributed by atoms with E-state index >= 15 is 0 Å². The van der Waals surface area contributed by atoms with Gasteiger partial charge in [-0.05, 0) is 193 Å². The molecule has 124 heavy (non-hydrogen) atoms. The van der Waals surface area contributed by atoms with Crippen molar-refractivity contribution in [3.05, 3.63) is 263 Å². The first kappa shape index (κ1) is 120. The van der Waals surface area contributed by atoms with Crippen molar-refractivity contribution in [3.63, 3.8) is 0 Å². The number of nitrogen functional groups attached to an aromatic ring is 4. The first-order valence-electron chi connectivity index (χ1n) is 41.4. The number of nitrogens with two attached hydrogens (primary N) is 4.